The summed E-state index contributed by atoms with van der Waals surface area (Å²) in [6.45, 7) is 0. The molecule has 0 saturated heterocycles. The molecule has 0 fully saturated rings. The first-order chi connectivity index (χ1) is 6.54. The van der Waals surface area contributed by atoms with Crippen LogP contribution in [-0.2, 0) is 9.59 Å². The van der Waals surface area contributed by atoms with E-state index in [4.69, 9.17) is 15.3 Å². The maximum atomic E-state index is 10.7. The molecular formula is C9H10O5. The van der Waals surface area contributed by atoms with Gasteiger partial charge in [0.05, 0.1) is 0 Å². The molecule has 0 saturated carbocycles. The minimum Gasteiger partial charge on any atom is -0.481 e. The van der Waals surface area contributed by atoms with Gasteiger partial charge in [-0.2, -0.15) is 0 Å². The molecule has 0 amide bonds. The van der Waals surface area contributed by atoms with Gasteiger partial charge < -0.3 is 15.3 Å². The van der Waals surface area contributed by atoms with Crippen LogP contribution in [0, 0.1) is 5.92 Å². The number of aliphatic hydroxyl groups excluding tert-OH is 1. The SMILES string of the molecule is O=C(O)C(O)C(C(=O)O)C1=CC=CC1. The van der Waals surface area contributed by atoms with E-state index in [1.807, 2.05) is 0 Å². The summed E-state index contributed by atoms with van der Waals surface area (Å²) in [5.41, 5.74) is 0.410. The highest BCUT2D eigenvalue weighted by Crippen LogP contribution is 2.23. The fraction of sp³-hybridized carbons (Fsp3) is 0.333. The Morgan fingerprint density at radius 2 is 1.93 bits per heavy atom. The Morgan fingerprint density at radius 1 is 1.29 bits per heavy atom. The van der Waals surface area contributed by atoms with Crippen LogP contribution in [0.3, 0.4) is 0 Å². The van der Waals surface area contributed by atoms with Gasteiger partial charge in [0, 0.05) is 0 Å². The summed E-state index contributed by atoms with van der Waals surface area (Å²) in [6.07, 6.45) is 3.35. The predicted octanol–water partition coefficient (Wildman–Crippen LogP) is 0.0190. The molecule has 5 heteroatoms. The fourth-order valence-corrected chi connectivity index (χ4v) is 1.33. The Bertz CT molecular complexity index is 315. The van der Waals surface area contributed by atoms with Crippen molar-refractivity contribution in [2.75, 3.05) is 0 Å². The summed E-state index contributed by atoms with van der Waals surface area (Å²) in [4.78, 5) is 21.2. The van der Waals surface area contributed by atoms with Crippen LogP contribution in [0.25, 0.3) is 0 Å². The molecule has 2 atom stereocenters. The van der Waals surface area contributed by atoms with E-state index in [2.05, 4.69) is 0 Å². The summed E-state index contributed by atoms with van der Waals surface area (Å²) in [7, 11) is 0. The standard InChI is InChI=1S/C9H10O5/c10-7(9(13)14)6(8(11)12)5-3-1-2-4-5/h1-3,6-7,10H,4H2,(H,11,12)(H,13,14). The minimum atomic E-state index is -1.89. The van der Waals surface area contributed by atoms with Crippen molar-refractivity contribution < 1.29 is 24.9 Å². The van der Waals surface area contributed by atoms with E-state index >= 15 is 0 Å². The molecule has 0 aromatic heterocycles. The van der Waals surface area contributed by atoms with Crippen LogP contribution in [0.5, 0.6) is 0 Å². The lowest BCUT2D eigenvalue weighted by molar-refractivity contribution is -0.157. The zero-order valence-corrected chi connectivity index (χ0v) is 7.25. The molecule has 14 heavy (non-hydrogen) atoms. The van der Waals surface area contributed by atoms with Crippen LogP contribution in [0.2, 0.25) is 0 Å². The van der Waals surface area contributed by atoms with Crippen LogP contribution >= 0.6 is 0 Å². The Kier molecular flexibility index (Phi) is 3.03. The van der Waals surface area contributed by atoms with Gasteiger partial charge in [-0.1, -0.05) is 18.2 Å². The quantitative estimate of drug-likeness (QED) is 0.591. The normalized spacial score (nSPS) is 18.8. The summed E-state index contributed by atoms with van der Waals surface area (Å²) < 4.78 is 0. The average molecular weight is 198 g/mol. The Morgan fingerprint density at radius 3 is 2.29 bits per heavy atom. The molecule has 5 nitrogen and oxygen atoms in total. The second-order valence-corrected chi connectivity index (χ2v) is 2.97. The second kappa shape index (κ2) is 4.06. The predicted molar refractivity (Wildman–Crippen MR) is 46.6 cm³/mol. The monoisotopic (exact) mass is 198 g/mol. The highest BCUT2D eigenvalue weighted by molar-refractivity contribution is 5.84. The van der Waals surface area contributed by atoms with Gasteiger partial charge in [-0.3, -0.25) is 4.79 Å². The van der Waals surface area contributed by atoms with Crippen LogP contribution in [0.15, 0.2) is 23.8 Å². The molecule has 0 aromatic rings. The van der Waals surface area contributed by atoms with E-state index < -0.39 is 24.0 Å². The number of hydrogen-bond acceptors (Lipinski definition) is 3. The Labute approximate surface area is 80.0 Å². The molecule has 0 bridgehead atoms. The molecule has 3 N–H and O–H groups in total. The van der Waals surface area contributed by atoms with Crippen molar-refractivity contribution in [2.45, 2.75) is 12.5 Å². The summed E-state index contributed by atoms with van der Waals surface area (Å²) >= 11 is 0. The molecule has 0 aromatic carbocycles. The molecule has 1 aliphatic carbocycles. The van der Waals surface area contributed by atoms with Crippen molar-refractivity contribution in [3.8, 4) is 0 Å². The first-order valence-corrected chi connectivity index (χ1v) is 4.03. The van der Waals surface area contributed by atoms with Crippen molar-refractivity contribution >= 4 is 11.9 Å². The van der Waals surface area contributed by atoms with Gasteiger partial charge >= 0.3 is 11.9 Å². The van der Waals surface area contributed by atoms with Crippen molar-refractivity contribution in [3.63, 3.8) is 0 Å². The molecule has 2 unspecified atom stereocenters. The van der Waals surface area contributed by atoms with E-state index in [9.17, 15) is 9.59 Å². The Hall–Kier alpha value is -1.62. The van der Waals surface area contributed by atoms with Gasteiger partial charge in [-0.05, 0) is 12.0 Å². The second-order valence-electron chi connectivity index (χ2n) is 2.97. The van der Waals surface area contributed by atoms with E-state index in [0.29, 0.717) is 12.0 Å². The lowest BCUT2D eigenvalue weighted by atomic mass is 9.92. The van der Waals surface area contributed by atoms with E-state index in [1.54, 1.807) is 12.2 Å². The molecule has 1 aliphatic rings. The van der Waals surface area contributed by atoms with Gasteiger partial charge in [0.1, 0.15) is 5.92 Å². The summed E-state index contributed by atoms with van der Waals surface area (Å²) in [6, 6.07) is 0. The van der Waals surface area contributed by atoms with E-state index in [1.165, 1.54) is 6.08 Å². The van der Waals surface area contributed by atoms with Gasteiger partial charge in [0.15, 0.2) is 6.10 Å². The third-order valence-electron chi connectivity index (χ3n) is 2.03. The third-order valence-corrected chi connectivity index (χ3v) is 2.03. The van der Waals surface area contributed by atoms with Gasteiger partial charge in [-0.25, -0.2) is 4.79 Å². The number of carbonyl (C=O) groups is 2. The number of carboxylic acid groups (broad SMARTS) is 2. The van der Waals surface area contributed by atoms with Crippen LogP contribution < -0.4 is 0 Å². The molecule has 0 heterocycles. The highest BCUT2D eigenvalue weighted by atomic mass is 16.4. The van der Waals surface area contributed by atoms with Crippen LogP contribution in [-0.4, -0.2) is 33.4 Å². The molecular weight excluding hydrogens is 188 g/mol. The topological polar surface area (TPSA) is 94.8 Å². The Balaban J connectivity index is 2.85. The van der Waals surface area contributed by atoms with Gasteiger partial charge in [0.2, 0.25) is 0 Å². The van der Waals surface area contributed by atoms with Crippen molar-refractivity contribution in [2.24, 2.45) is 5.92 Å². The smallest absolute Gasteiger partial charge is 0.333 e. The molecule has 0 aliphatic heterocycles. The van der Waals surface area contributed by atoms with Crippen molar-refractivity contribution in [3.05, 3.63) is 23.8 Å². The fourth-order valence-electron chi connectivity index (χ4n) is 1.33. The number of aliphatic carboxylic acids is 2. The lowest BCUT2D eigenvalue weighted by Crippen LogP contribution is -2.35. The molecule has 1 rings (SSSR count). The van der Waals surface area contributed by atoms with E-state index in [-0.39, 0.29) is 0 Å². The van der Waals surface area contributed by atoms with Crippen molar-refractivity contribution in [1.82, 2.24) is 0 Å². The maximum absolute atomic E-state index is 10.7. The number of rotatable bonds is 4. The lowest BCUT2D eigenvalue weighted by Gasteiger charge is -2.16. The number of carboxylic acids is 2. The zero-order valence-electron chi connectivity index (χ0n) is 7.25. The molecule has 76 valence electrons. The van der Waals surface area contributed by atoms with Gasteiger partial charge in [-0.15, -0.1) is 0 Å². The minimum absolute atomic E-state index is 0.376. The van der Waals surface area contributed by atoms with Crippen molar-refractivity contribution in [1.29, 1.82) is 0 Å². The average Bonchev–Trinajstić information content (AvgIpc) is 2.56. The number of aliphatic hydroxyl groups is 1. The number of hydrogen-bond donors (Lipinski definition) is 3. The summed E-state index contributed by atoms with van der Waals surface area (Å²) in [5.74, 6) is -4.21. The molecule has 0 radical (unpaired) electrons. The summed E-state index contributed by atoms with van der Waals surface area (Å²) in [5, 5.41) is 26.4. The first kappa shape index (κ1) is 10.5. The highest BCUT2D eigenvalue weighted by Gasteiger charge is 2.34. The maximum Gasteiger partial charge on any atom is 0.333 e. The largest absolute Gasteiger partial charge is 0.481 e. The first-order valence-electron chi connectivity index (χ1n) is 4.03. The third kappa shape index (κ3) is 2.00. The van der Waals surface area contributed by atoms with E-state index in [0.717, 1.165) is 0 Å². The molecule has 0 spiro atoms. The van der Waals surface area contributed by atoms with Gasteiger partial charge in [0.25, 0.3) is 0 Å². The van der Waals surface area contributed by atoms with Crippen LogP contribution in [0.1, 0.15) is 6.42 Å². The number of allylic oxidation sites excluding steroid dienone is 3. The van der Waals surface area contributed by atoms with Crippen LogP contribution in [0.4, 0.5) is 0 Å². The zero-order chi connectivity index (χ0) is 10.7.